The lowest BCUT2D eigenvalue weighted by Crippen LogP contribution is -2.40. The molecule has 0 heterocycles. The van der Waals surface area contributed by atoms with Gasteiger partial charge in [0.15, 0.2) is 0 Å². The standard InChI is InChI=1S/C18H24Cl2N4O2/c1-4-16(22-9-13-5-6-14(19)15(20)7-13)24-18(26)17(11(2)8-21)23-12(3)10-25/h4-8,12,21-23,25H,9-10H2,1-3H3,(H,24,26)/b16-4?,17-11-,21-8?. The van der Waals surface area contributed by atoms with Gasteiger partial charge in [-0.1, -0.05) is 29.3 Å². The fraction of sp³-hybridized carbons (Fsp3) is 0.333. The van der Waals surface area contributed by atoms with Crippen LogP contribution < -0.4 is 16.0 Å². The van der Waals surface area contributed by atoms with Gasteiger partial charge >= 0.3 is 0 Å². The molecule has 26 heavy (non-hydrogen) atoms. The predicted octanol–water partition coefficient (Wildman–Crippen LogP) is 2.95. The van der Waals surface area contributed by atoms with E-state index >= 15 is 0 Å². The van der Waals surface area contributed by atoms with Gasteiger partial charge in [0, 0.05) is 18.8 Å². The third kappa shape index (κ3) is 6.71. The van der Waals surface area contributed by atoms with Crippen LogP contribution >= 0.6 is 23.2 Å². The molecule has 0 saturated heterocycles. The Morgan fingerprint density at radius 1 is 1.35 bits per heavy atom. The molecule has 0 aliphatic rings. The van der Waals surface area contributed by atoms with Crippen LogP contribution in [0.15, 0.2) is 41.4 Å². The normalized spacial score (nSPS) is 13.5. The number of carbonyl (C=O) groups is 1. The molecule has 1 rings (SSSR count). The monoisotopic (exact) mass is 398 g/mol. The first-order chi connectivity index (χ1) is 12.3. The highest BCUT2D eigenvalue weighted by molar-refractivity contribution is 6.42. The predicted molar refractivity (Wildman–Crippen MR) is 106 cm³/mol. The second kappa shape index (κ2) is 10.9. The topological polar surface area (TPSA) is 97.2 Å². The third-order valence-corrected chi connectivity index (χ3v) is 4.25. The molecule has 0 aromatic heterocycles. The summed E-state index contributed by atoms with van der Waals surface area (Å²) in [5.41, 5.74) is 1.60. The van der Waals surface area contributed by atoms with Crippen molar-refractivity contribution in [2.24, 2.45) is 0 Å². The van der Waals surface area contributed by atoms with E-state index < -0.39 is 5.91 Å². The molecule has 1 amide bonds. The number of allylic oxidation sites excluding steroid dienone is 2. The fourth-order valence-corrected chi connectivity index (χ4v) is 2.29. The van der Waals surface area contributed by atoms with E-state index in [1.165, 1.54) is 0 Å². The van der Waals surface area contributed by atoms with Crippen molar-refractivity contribution in [1.29, 1.82) is 5.41 Å². The van der Waals surface area contributed by atoms with Crippen LogP contribution in [0.5, 0.6) is 0 Å². The lowest BCUT2D eigenvalue weighted by atomic mass is 10.2. The maximum Gasteiger partial charge on any atom is 0.273 e. The molecule has 5 N–H and O–H groups in total. The maximum absolute atomic E-state index is 12.5. The van der Waals surface area contributed by atoms with Gasteiger partial charge in [-0.2, -0.15) is 0 Å². The zero-order valence-corrected chi connectivity index (χ0v) is 16.5. The van der Waals surface area contributed by atoms with Gasteiger partial charge in [-0.05, 0) is 50.1 Å². The van der Waals surface area contributed by atoms with Gasteiger partial charge in [0.25, 0.3) is 5.91 Å². The molecule has 0 radical (unpaired) electrons. The van der Waals surface area contributed by atoms with Crippen molar-refractivity contribution in [3.8, 4) is 0 Å². The summed E-state index contributed by atoms with van der Waals surface area (Å²) in [6.45, 7) is 5.49. The van der Waals surface area contributed by atoms with E-state index in [4.69, 9.17) is 28.6 Å². The molecule has 0 spiro atoms. The molecule has 0 aliphatic carbocycles. The van der Waals surface area contributed by atoms with Crippen LogP contribution in [0.3, 0.4) is 0 Å². The summed E-state index contributed by atoms with van der Waals surface area (Å²) in [5, 5.41) is 26.3. The number of nitrogens with one attached hydrogen (secondary N) is 4. The summed E-state index contributed by atoms with van der Waals surface area (Å²) < 4.78 is 0. The largest absolute Gasteiger partial charge is 0.394 e. The molecule has 1 unspecified atom stereocenters. The molecule has 0 bridgehead atoms. The average molecular weight is 399 g/mol. The highest BCUT2D eigenvalue weighted by atomic mass is 35.5. The van der Waals surface area contributed by atoms with Gasteiger partial charge in [-0.3, -0.25) is 4.79 Å². The van der Waals surface area contributed by atoms with Crippen molar-refractivity contribution in [3.63, 3.8) is 0 Å². The number of hydrogen-bond acceptors (Lipinski definition) is 5. The van der Waals surface area contributed by atoms with Gasteiger partial charge < -0.3 is 26.5 Å². The van der Waals surface area contributed by atoms with Crippen LogP contribution in [0.2, 0.25) is 10.0 Å². The molecule has 142 valence electrons. The molecule has 6 nitrogen and oxygen atoms in total. The van der Waals surface area contributed by atoms with Crippen LogP contribution in [-0.4, -0.2) is 29.9 Å². The first-order valence-corrected chi connectivity index (χ1v) is 8.82. The minimum Gasteiger partial charge on any atom is -0.394 e. The number of rotatable bonds is 9. The Kier molecular flexibility index (Phi) is 9.19. The molecule has 1 aromatic carbocycles. The van der Waals surface area contributed by atoms with Crippen LogP contribution in [0.1, 0.15) is 26.3 Å². The average Bonchev–Trinajstić information content (AvgIpc) is 2.64. The number of halogens is 2. The van der Waals surface area contributed by atoms with Gasteiger partial charge in [0.2, 0.25) is 0 Å². The van der Waals surface area contributed by atoms with E-state index in [1.807, 2.05) is 6.07 Å². The van der Waals surface area contributed by atoms with Crippen LogP contribution in [0, 0.1) is 5.41 Å². The highest BCUT2D eigenvalue weighted by Gasteiger charge is 2.15. The quantitative estimate of drug-likeness (QED) is 0.326. The lowest BCUT2D eigenvalue weighted by molar-refractivity contribution is -0.117. The Labute approximate surface area is 163 Å². The number of aliphatic hydroxyl groups is 1. The summed E-state index contributed by atoms with van der Waals surface area (Å²) in [5.74, 6) is 0.107. The van der Waals surface area contributed by atoms with Crippen molar-refractivity contribution < 1.29 is 9.90 Å². The Morgan fingerprint density at radius 2 is 2.04 bits per heavy atom. The highest BCUT2D eigenvalue weighted by Crippen LogP contribution is 2.22. The Bertz CT molecular complexity index is 717. The van der Waals surface area contributed by atoms with E-state index in [0.29, 0.717) is 28.0 Å². The third-order valence-electron chi connectivity index (χ3n) is 3.51. The van der Waals surface area contributed by atoms with Gasteiger partial charge in [-0.15, -0.1) is 0 Å². The zero-order chi connectivity index (χ0) is 19.7. The zero-order valence-electron chi connectivity index (χ0n) is 15.0. The summed E-state index contributed by atoms with van der Waals surface area (Å²) in [6.07, 6.45) is 2.81. The Morgan fingerprint density at radius 3 is 2.58 bits per heavy atom. The molecule has 0 saturated carbocycles. The van der Waals surface area contributed by atoms with Crippen LogP contribution in [-0.2, 0) is 11.3 Å². The number of hydrogen-bond donors (Lipinski definition) is 5. The van der Waals surface area contributed by atoms with E-state index in [0.717, 1.165) is 11.8 Å². The van der Waals surface area contributed by atoms with E-state index in [2.05, 4.69) is 16.0 Å². The van der Waals surface area contributed by atoms with Gasteiger partial charge in [0.1, 0.15) is 11.5 Å². The smallest absolute Gasteiger partial charge is 0.273 e. The summed E-state index contributed by atoms with van der Waals surface area (Å²) in [6, 6.07) is 4.99. The Hall–Kier alpha value is -2.02. The summed E-state index contributed by atoms with van der Waals surface area (Å²) in [4.78, 5) is 12.5. The number of amides is 1. The summed E-state index contributed by atoms with van der Waals surface area (Å²) in [7, 11) is 0. The lowest BCUT2D eigenvalue weighted by Gasteiger charge is -2.19. The van der Waals surface area contributed by atoms with Crippen LogP contribution in [0.25, 0.3) is 0 Å². The summed E-state index contributed by atoms with van der Waals surface area (Å²) >= 11 is 11.9. The van der Waals surface area contributed by atoms with Crippen molar-refractivity contribution in [3.05, 3.63) is 57.0 Å². The first kappa shape index (κ1) is 22.0. The van der Waals surface area contributed by atoms with E-state index in [1.54, 1.807) is 39.0 Å². The van der Waals surface area contributed by atoms with Gasteiger partial charge in [0.05, 0.1) is 16.7 Å². The molecule has 1 aromatic rings. The molecular weight excluding hydrogens is 375 g/mol. The van der Waals surface area contributed by atoms with Crippen molar-refractivity contribution >= 4 is 35.3 Å². The van der Waals surface area contributed by atoms with Gasteiger partial charge in [-0.25, -0.2) is 0 Å². The molecule has 0 fully saturated rings. The minimum atomic E-state index is -0.402. The molecular formula is C18H24Cl2N4O2. The van der Waals surface area contributed by atoms with E-state index in [9.17, 15) is 9.90 Å². The van der Waals surface area contributed by atoms with Crippen LogP contribution in [0.4, 0.5) is 0 Å². The molecule has 8 heteroatoms. The first-order valence-electron chi connectivity index (χ1n) is 8.06. The molecule has 0 aliphatic heterocycles. The number of aliphatic hydroxyl groups excluding tert-OH is 1. The fourth-order valence-electron chi connectivity index (χ4n) is 1.97. The van der Waals surface area contributed by atoms with Crippen molar-refractivity contribution in [2.45, 2.75) is 33.4 Å². The maximum atomic E-state index is 12.5. The Balaban J connectivity index is 2.79. The second-order valence-electron chi connectivity index (χ2n) is 5.69. The van der Waals surface area contributed by atoms with E-state index in [-0.39, 0.29) is 18.3 Å². The minimum absolute atomic E-state index is 0.131. The molecule has 1 atom stereocenters. The van der Waals surface area contributed by atoms with Crippen molar-refractivity contribution in [2.75, 3.05) is 6.61 Å². The SMILES string of the molecule is CC=C(NCc1ccc(Cl)c(Cl)c1)NC(=O)/C(NC(C)CO)=C(\C)C=N. The number of carbonyl (C=O) groups excluding carboxylic acids is 1. The number of benzene rings is 1. The second-order valence-corrected chi connectivity index (χ2v) is 6.50. The van der Waals surface area contributed by atoms with Crippen molar-refractivity contribution in [1.82, 2.24) is 16.0 Å².